The third-order valence-electron chi connectivity index (χ3n) is 3.51. The summed E-state index contributed by atoms with van der Waals surface area (Å²) in [6.07, 6.45) is 5.04. The summed E-state index contributed by atoms with van der Waals surface area (Å²) in [5, 5.41) is 0. The molecule has 0 aliphatic heterocycles. The molecule has 1 saturated carbocycles. The molecule has 3 nitrogen and oxygen atoms in total. The number of amides is 1. The van der Waals surface area contributed by atoms with Gasteiger partial charge < -0.3 is 10.6 Å². The SMILES string of the molecule is C=CCN(C(=O)C1CCCC1CN)C(C)C. The molecule has 1 rings (SSSR count). The summed E-state index contributed by atoms with van der Waals surface area (Å²) in [6, 6.07) is 0.240. The predicted octanol–water partition coefficient (Wildman–Crippen LogP) is 1.78. The molecule has 92 valence electrons. The Kier molecular flexibility index (Phi) is 5.00. The van der Waals surface area contributed by atoms with Gasteiger partial charge in [-0.25, -0.2) is 0 Å². The molecular formula is C13H24N2O. The molecule has 16 heavy (non-hydrogen) atoms. The van der Waals surface area contributed by atoms with Gasteiger partial charge in [0.2, 0.25) is 5.91 Å². The first-order valence-electron chi connectivity index (χ1n) is 6.23. The second-order valence-corrected chi connectivity index (χ2v) is 4.91. The number of hydrogen-bond acceptors (Lipinski definition) is 2. The summed E-state index contributed by atoms with van der Waals surface area (Å²) < 4.78 is 0. The van der Waals surface area contributed by atoms with E-state index in [1.807, 2.05) is 18.7 Å². The van der Waals surface area contributed by atoms with Crippen LogP contribution in [0.15, 0.2) is 12.7 Å². The van der Waals surface area contributed by atoms with Crippen molar-refractivity contribution >= 4 is 5.91 Å². The zero-order valence-electron chi connectivity index (χ0n) is 10.5. The maximum Gasteiger partial charge on any atom is 0.226 e. The number of carbonyl (C=O) groups excluding carboxylic acids is 1. The van der Waals surface area contributed by atoms with Crippen LogP contribution in [-0.2, 0) is 4.79 Å². The van der Waals surface area contributed by atoms with Crippen molar-refractivity contribution in [2.75, 3.05) is 13.1 Å². The largest absolute Gasteiger partial charge is 0.336 e. The van der Waals surface area contributed by atoms with Crippen molar-refractivity contribution < 1.29 is 4.79 Å². The molecule has 0 aromatic carbocycles. The van der Waals surface area contributed by atoms with E-state index in [1.165, 1.54) is 0 Å². The van der Waals surface area contributed by atoms with Crippen LogP contribution in [0.2, 0.25) is 0 Å². The Morgan fingerprint density at radius 2 is 2.25 bits per heavy atom. The van der Waals surface area contributed by atoms with Crippen LogP contribution in [0.3, 0.4) is 0 Å². The van der Waals surface area contributed by atoms with E-state index in [0.717, 1.165) is 19.3 Å². The van der Waals surface area contributed by atoms with Crippen LogP contribution in [0.5, 0.6) is 0 Å². The van der Waals surface area contributed by atoms with Crippen molar-refractivity contribution in [2.24, 2.45) is 17.6 Å². The highest BCUT2D eigenvalue weighted by Gasteiger charge is 2.34. The van der Waals surface area contributed by atoms with Crippen molar-refractivity contribution in [3.8, 4) is 0 Å². The molecule has 2 N–H and O–H groups in total. The van der Waals surface area contributed by atoms with E-state index >= 15 is 0 Å². The molecule has 0 aromatic rings. The Morgan fingerprint density at radius 1 is 1.56 bits per heavy atom. The van der Waals surface area contributed by atoms with Gasteiger partial charge in [0.15, 0.2) is 0 Å². The number of hydrogen-bond donors (Lipinski definition) is 1. The van der Waals surface area contributed by atoms with Gasteiger partial charge in [0, 0.05) is 18.5 Å². The lowest BCUT2D eigenvalue weighted by atomic mass is 9.94. The zero-order valence-corrected chi connectivity index (χ0v) is 10.5. The Labute approximate surface area is 98.7 Å². The first kappa shape index (κ1) is 13.2. The molecule has 0 radical (unpaired) electrons. The summed E-state index contributed by atoms with van der Waals surface area (Å²) in [6.45, 7) is 9.09. The summed E-state index contributed by atoms with van der Waals surface area (Å²) in [5.41, 5.74) is 5.72. The van der Waals surface area contributed by atoms with Crippen molar-refractivity contribution in [2.45, 2.75) is 39.2 Å². The molecule has 1 aliphatic rings. The van der Waals surface area contributed by atoms with E-state index in [2.05, 4.69) is 6.58 Å². The first-order valence-corrected chi connectivity index (χ1v) is 6.23. The summed E-state index contributed by atoms with van der Waals surface area (Å²) in [7, 11) is 0. The summed E-state index contributed by atoms with van der Waals surface area (Å²) in [4.78, 5) is 14.3. The van der Waals surface area contributed by atoms with Gasteiger partial charge >= 0.3 is 0 Å². The van der Waals surface area contributed by atoms with E-state index in [1.54, 1.807) is 6.08 Å². The fraction of sp³-hybridized carbons (Fsp3) is 0.769. The third kappa shape index (κ3) is 2.85. The molecule has 0 bridgehead atoms. The fourth-order valence-electron chi connectivity index (χ4n) is 2.55. The lowest BCUT2D eigenvalue weighted by molar-refractivity contribution is -0.137. The van der Waals surface area contributed by atoms with Crippen molar-refractivity contribution in [1.29, 1.82) is 0 Å². The highest BCUT2D eigenvalue weighted by molar-refractivity contribution is 5.80. The second kappa shape index (κ2) is 6.04. The molecule has 0 saturated heterocycles. The van der Waals surface area contributed by atoms with Crippen LogP contribution >= 0.6 is 0 Å². The Morgan fingerprint density at radius 3 is 2.75 bits per heavy atom. The Balaban J connectivity index is 2.69. The van der Waals surface area contributed by atoms with Gasteiger partial charge in [-0.05, 0) is 39.2 Å². The molecular weight excluding hydrogens is 200 g/mol. The Bertz CT molecular complexity index is 250. The highest BCUT2D eigenvalue weighted by atomic mass is 16.2. The van der Waals surface area contributed by atoms with E-state index in [-0.39, 0.29) is 17.9 Å². The Hall–Kier alpha value is -0.830. The van der Waals surface area contributed by atoms with Crippen LogP contribution in [0.1, 0.15) is 33.1 Å². The number of nitrogens with zero attached hydrogens (tertiary/aromatic N) is 1. The highest BCUT2D eigenvalue weighted by Crippen LogP contribution is 2.32. The molecule has 3 heteroatoms. The summed E-state index contributed by atoms with van der Waals surface area (Å²) in [5.74, 6) is 0.800. The molecule has 0 aromatic heterocycles. The van der Waals surface area contributed by atoms with Crippen LogP contribution < -0.4 is 5.73 Å². The standard InChI is InChI=1S/C13H24N2O/c1-4-8-15(10(2)3)13(16)12-7-5-6-11(12)9-14/h4,10-12H,1,5-9,14H2,2-3H3. The monoisotopic (exact) mass is 224 g/mol. The number of carbonyl (C=O) groups is 1. The third-order valence-corrected chi connectivity index (χ3v) is 3.51. The van der Waals surface area contributed by atoms with Crippen LogP contribution in [0.4, 0.5) is 0 Å². The van der Waals surface area contributed by atoms with Gasteiger partial charge in [-0.3, -0.25) is 4.79 Å². The summed E-state index contributed by atoms with van der Waals surface area (Å²) >= 11 is 0. The van der Waals surface area contributed by atoms with E-state index < -0.39 is 0 Å². The average Bonchev–Trinajstić information content (AvgIpc) is 2.72. The van der Waals surface area contributed by atoms with E-state index in [9.17, 15) is 4.79 Å². The van der Waals surface area contributed by atoms with Gasteiger partial charge in [0.25, 0.3) is 0 Å². The maximum absolute atomic E-state index is 12.4. The van der Waals surface area contributed by atoms with Gasteiger partial charge in [-0.2, -0.15) is 0 Å². The normalized spacial score (nSPS) is 24.8. The zero-order chi connectivity index (χ0) is 12.1. The van der Waals surface area contributed by atoms with Crippen molar-refractivity contribution in [3.63, 3.8) is 0 Å². The van der Waals surface area contributed by atoms with Crippen LogP contribution in [-0.4, -0.2) is 29.9 Å². The van der Waals surface area contributed by atoms with Crippen molar-refractivity contribution in [1.82, 2.24) is 4.90 Å². The van der Waals surface area contributed by atoms with E-state index in [0.29, 0.717) is 19.0 Å². The van der Waals surface area contributed by atoms with Gasteiger partial charge in [0.1, 0.15) is 0 Å². The molecule has 0 heterocycles. The molecule has 2 atom stereocenters. The molecule has 2 unspecified atom stereocenters. The first-order chi connectivity index (χ1) is 7.61. The van der Waals surface area contributed by atoms with E-state index in [4.69, 9.17) is 5.73 Å². The minimum Gasteiger partial charge on any atom is -0.336 e. The van der Waals surface area contributed by atoms with Crippen LogP contribution in [0.25, 0.3) is 0 Å². The maximum atomic E-state index is 12.4. The van der Waals surface area contributed by atoms with Gasteiger partial charge in [-0.1, -0.05) is 12.5 Å². The van der Waals surface area contributed by atoms with Crippen molar-refractivity contribution in [3.05, 3.63) is 12.7 Å². The topological polar surface area (TPSA) is 46.3 Å². The second-order valence-electron chi connectivity index (χ2n) is 4.91. The fourth-order valence-corrected chi connectivity index (χ4v) is 2.55. The quantitative estimate of drug-likeness (QED) is 0.724. The lowest BCUT2D eigenvalue weighted by Crippen LogP contribution is -2.43. The molecule has 0 spiro atoms. The smallest absolute Gasteiger partial charge is 0.226 e. The van der Waals surface area contributed by atoms with Gasteiger partial charge in [0.05, 0.1) is 0 Å². The predicted molar refractivity (Wildman–Crippen MR) is 66.9 cm³/mol. The minimum absolute atomic E-state index is 0.146. The number of nitrogens with two attached hydrogens (primary N) is 1. The molecule has 1 fully saturated rings. The minimum atomic E-state index is 0.146. The van der Waals surface area contributed by atoms with Crippen LogP contribution in [0, 0.1) is 11.8 Å². The molecule has 1 aliphatic carbocycles. The average molecular weight is 224 g/mol. The number of rotatable bonds is 5. The molecule has 1 amide bonds. The lowest BCUT2D eigenvalue weighted by Gasteiger charge is -2.30. The van der Waals surface area contributed by atoms with Gasteiger partial charge in [-0.15, -0.1) is 6.58 Å².